The second-order valence-electron chi connectivity index (χ2n) is 7.13. The summed E-state index contributed by atoms with van der Waals surface area (Å²) in [5.41, 5.74) is 8.61. The number of carbonyl (C=O) groups is 1. The predicted octanol–water partition coefficient (Wildman–Crippen LogP) is 1.12. The van der Waals surface area contributed by atoms with Crippen LogP contribution in [0.25, 0.3) is 11.0 Å². The van der Waals surface area contributed by atoms with Crippen molar-refractivity contribution in [2.24, 2.45) is 14.1 Å². The summed E-state index contributed by atoms with van der Waals surface area (Å²) < 4.78 is 2.34. The Hall–Kier alpha value is -3.42. The number of pyridine rings is 1. The van der Waals surface area contributed by atoms with Crippen LogP contribution < -0.4 is 21.9 Å². The summed E-state index contributed by atoms with van der Waals surface area (Å²) in [6, 6.07) is 7.14. The fraction of sp³-hybridized carbons (Fsp3) is 0.300. The normalized spacial score (nSPS) is 13.6. The Kier molecular flexibility index (Phi) is 4.06. The molecule has 0 saturated carbocycles. The van der Waals surface area contributed by atoms with Crippen LogP contribution in [0.15, 0.2) is 33.9 Å². The molecule has 1 aromatic carbocycles. The van der Waals surface area contributed by atoms with Crippen molar-refractivity contribution in [2.75, 3.05) is 17.2 Å². The van der Waals surface area contributed by atoms with E-state index in [1.807, 2.05) is 18.2 Å². The molecule has 1 aliphatic heterocycles. The number of aromatic nitrogens is 3. The van der Waals surface area contributed by atoms with E-state index in [-0.39, 0.29) is 17.2 Å². The maximum absolute atomic E-state index is 13.3. The van der Waals surface area contributed by atoms with Gasteiger partial charge in [0.25, 0.3) is 11.5 Å². The first-order valence-corrected chi connectivity index (χ1v) is 9.08. The summed E-state index contributed by atoms with van der Waals surface area (Å²) in [5, 5.41) is 0.337. The van der Waals surface area contributed by atoms with Crippen molar-refractivity contribution in [2.45, 2.75) is 19.8 Å². The van der Waals surface area contributed by atoms with Crippen molar-refractivity contribution in [3.8, 4) is 0 Å². The molecule has 8 nitrogen and oxygen atoms in total. The molecule has 0 bridgehead atoms. The summed E-state index contributed by atoms with van der Waals surface area (Å²) in [6.07, 6.45) is 1.62. The quantitative estimate of drug-likeness (QED) is 0.638. The Morgan fingerprint density at radius 2 is 1.93 bits per heavy atom. The molecule has 144 valence electrons. The van der Waals surface area contributed by atoms with Gasteiger partial charge in [0.2, 0.25) is 0 Å². The highest BCUT2D eigenvalue weighted by Gasteiger charge is 2.26. The molecular weight excluding hydrogens is 358 g/mol. The molecule has 0 radical (unpaired) electrons. The summed E-state index contributed by atoms with van der Waals surface area (Å²) in [6.45, 7) is 2.30. The lowest BCUT2D eigenvalue weighted by atomic mass is 9.99. The van der Waals surface area contributed by atoms with Gasteiger partial charge in [-0.05, 0) is 49.1 Å². The molecule has 0 spiro atoms. The van der Waals surface area contributed by atoms with E-state index < -0.39 is 11.2 Å². The average molecular weight is 379 g/mol. The van der Waals surface area contributed by atoms with E-state index in [0.29, 0.717) is 23.2 Å². The van der Waals surface area contributed by atoms with Gasteiger partial charge < -0.3 is 10.6 Å². The number of aryl methyl sites for hydroxylation is 2. The van der Waals surface area contributed by atoms with E-state index in [9.17, 15) is 14.4 Å². The second kappa shape index (κ2) is 6.33. The third kappa shape index (κ3) is 2.52. The summed E-state index contributed by atoms with van der Waals surface area (Å²) in [7, 11) is 2.97. The number of nitrogen functional groups attached to an aromatic ring is 1. The number of rotatable bonds is 1. The third-order valence-electron chi connectivity index (χ3n) is 5.36. The molecule has 0 atom stereocenters. The number of hydrogen-bond donors (Lipinski definition) is 1. The van der Waals surface area contributed by atoms with Crippen LogP contribution in [-0.4, -0.2) is 26.6 Å². The van der Waals surface area contributed by atoms with Crippen molar-refractivity contribution < 1.29 is 4.79 Å². The molecular formula is C20H21N5O3. The molecule has 0 fully saturated rings. The number of anilines is 2. The minimum Gasteiger partial charge on any atom is -0.398 e. The van der Waals surface area contributed by atoms with Crippen molar-refractivity contribution in [3.63, 3.8) is 0 Å². The number of fused-ring (bicyclic) bond motifs is 2. The Morgan fingerprint density at radius 1 is 1.18 bits per heavy atom. The van der Waals surface area contributed by atoms with Crippen LogP contribution >= 0.6 is 0 Å². The van der Waals surface area contributed by atoms with Crippen LogP contribution in [0.2, 0.25) is 0 Å². The molecule has 3 heterocycles. The monoisotopic (exact) mass is 379 g/mol. The zero-order valence-corrected chi connectivity index (χ0v) is 16.0. The third-order valence-corrected chi connectivity index (χ3v) is 5.36. The number of carbonyl (C=O) groups excluding carboxylic acids is 1. The second-order valence-corrected chi connectivity index (χ2v) is 7.13. The summed E-state index contributed by atoms with van der Waals surface area (Å²) >= 11 is 0. The lowest BCUT2D eigenvalue weighted by Crippen LogP contribution is -2.39. The van der Waals surface area contributed by atoms with Gasteiger partial charge in [0.1, 0.15) is 11.3 Å². The van der Waals surface area contributed by atoms with Crippen molar-refractivity contribution >= 4 is 28.3 Å². The van der Waals surface area contributed by atoms with Crippen LogP contribution in [0.1, 0.15) is 28.0 Å². The van der Waals surface area contributed by atoms with Crippen LogP contribution in [-0.2, 0) is 20.5 Å². The van der Waals surface area contributed by atoms with E-state index in [0.717, 1.165) is 28.7 Å². The van der Waals surface area contributed by atoms with E-state index in [4.69, 9.17) is 5.73 Å². The maximum atomic E-state index is 13.3. The zero-order valence-electron chi connectivity index (χ0n) is 16.0. The van der Waals surface area contributed by atoms with Gasteiger partial charge >= 0.3 is 5.69 Å². The first-order valence-electron chi connectivity index (χ1n) is 9.08. The largest absolute Gasteiger partial charge is 0.398 e. The lowest BCUT2D eigenvalue weighted by molar-refractivity contribution is 0.0980. The Labute approximate surface area is 160 Å². The van der Waals surface area contributed by atoms with Crippen molar-refractivity contribution in [3.05, 3.63) is 61.9 Å². The molecule has 8 heteroatoms. The minimum atomic E-state index is -0.481. The summed E-state index contributed by atoms with van der Waals surface area (Å²) in [4.78, 5) is 44.1. The van der Waals surface area contributed by atoms with E-state index in [1.165, 1.54) is 11.6 Å². The molecule has 1 amide bonds. The van der Waals surface area contributed by atoms with E-state index in [1.54, 1.807) is 24.9 Å². The van der Waals surface area contributed by atoms with Crippen LogP contribution in [0.4, 0.5) is 11.4 Å². The van der Waals surface area contributed by atoms with Gasteiger partial charge in [0.15, 0.2) is 0 Å². The number of amides is 1. The fourth-order valence-corrected chi connectivity index (χ4v) is 3.84. The smallest absolute Gasteiger partial charge is 0.332 e. The Balaban J connectivity index is 1.90. The van der Waals surface area contributed by atoms with Gasteiger partial charge in [0, 0.05) is 32.0 Å². The standard InChI is InChI=1S/C20H21N5O3/c1-11-10-14(22-17-16(11)19(27)24(3)20(28)23(17)2)18(26)25-9-5-6-12-13(21)7-4-8-15(12)25/h4,7-8,10H,5-6,9,21H2,1-3H3. The lowest BCUT2D eigenvalue weighted by Gasteiger charge is -2.30. The number of benzene rings is 1. The molecule has 1 aliphatic rings. The van der Waals surface area contributed by atoms with Crippen molar-refractivity contribution in [1.29, 1.82) is 0 Å². The number of hydrogen-bond acceptors (Lipinski definition) is 5. The highest BCUT2D eigenvalue weighted by Crippen LogP contribution is 2.32. The predicted molar refractivity (Wildman–Crippen MR) is 108 cm³/mol. The minimum absolute atomic E-state index is 0.198. The van der Waals surface area contributed by atoms with E-state index in [2.05, 4.69) is 4.98 Å². The molecule has 28 heavy (non-hydrogen) atoms. The van der Waals surface area contributed by atoms with Crippen molar-refractivity contribution in [1.82, 2.24) is 14.1 Å². The van der Waals surface area contributed by atoms with Gasteiger partial charge in [-0.3, -0.25) is 18.7 Å². The van der Waals surface area contributed by atoms with Crippen LogP contribution in [0.3, 0.4) is 0 Å². The van der Waals surface area contributed by atoms with E-state index >= 15 is 0 Å². The fourth-order valence-electron chi connectivity index (χ4n) is 3.84. The molecule has 0 unspecified atom stereocenters. The first kappa shape index (κ1) is 18.0. The van der Waals surface area contributed by atoms with Crippen LogP contribution in [0, 0.1) is 6.92 Å². The Morgan fingerprint density at radius 3 is 2.68 bits per heavy atom. The van der Waals surface area contributed by atoms with Gasteiger partial charge in [-0.1, -0.05) is 6.07 Å². The zero-order chi connectivity index (χ0) is 20.2. The van der Waals surface area contributed by atoms with Gasteiger partial charge in [-0.2, -0.15) is 0 Å². The number of nitrogens with two attached hydrogens (primary N) is 1. The average Bonchev–Trinajstić information content (AvgIpc) is 2.69. The molecule has 0 saturated heterocycles. The first-order chi connectivity index (χ1) is 13.3. The highest BCUT2D eigenvalue weighted by atomic mass is 16.2. The van der Waals surface area contributed by atoms with Gasteiger partial charge in [-0.15, -0.1) is 0 Å². The SMILES string of the molecule is Cc1cc(C(=O)N2CCCc3c(N)cccc32)nc2c1c(=O)n(C)c(=O)n2C. The Bertz CT molecular complexity index is 1260. The van der Waals surface area contributed by atoms with Gasteiger partial charge in [-0.25, -0.2) is 9.78 Å². The molecule has 3 aromatic rings. The molecule has 2 aromatic heterocycles. The molecule has 4 rings (SSSR count). The number of nitrogens with zero attached hydrogens (tertiary/aromatic N) is 4. The van der Waals surface area contributed by atoms with Gasteiger partial charge in [0.05, 0.1) is 5.39 Å². The molecule has 0 aliphatic carbocycles. The maximum Gasteiger partial charge on any atom is 0.332 e. The highest BCUT2D eigenvalue weighted by molar-refractivity contribution is 6.07. The molecule has 2 N–H and O–H groups in total. The summed E-state index contributed by atoms with van der Waals surface area (Å²) in [5.74, 6) is -0.273. The van der Waals surface area contributed by atoms with Crippen LogP contribution in [0.5, 0.6) is 0 Å². The topological polar surface area (TPSA) is 103 Å².